The van der Waals surface area contributed by atoms with Gasteiger partial charge in [0.15, 0.2) is 0 Å². The highest BCUT2D eigenvalue weighted by Gasteiger charge is 2.05. The van der Waals surface area contributed by atoms with Crippen LogP contribution in [0.1, 0.15) is 0 Å². The van der Waals surface area contributed by atoms with Gasteiger partial charge in [0.05, 0.1) is 5.75 Å². The Balaban J connectivity index is 3.64. The number of alkyl halides is 1. The molecule has 3 nitrogen and oxygen atoms in total. The van der Waals surface area contributed by atoms with Crippen LogP contribution in [-0.4, -0.2) is 42.0 Å². The van der Waals surface area contributed by atoms with Crippen molar-refractivity contribution in [2.75, 3.05) is 29.4 Å². The van der Waals surface area contributed by atoms with Crippen LogP contribution in [0.4, 0.5) is 0 Å². The van der Waals surface area contributed by atoms with Crippen molar-refractivity contribution >= 4 is 32.2 Å². The minimum absolute atomic E-state index is 0.0174. The van der Waals surface area contributed by atoms with Crippen LogP contribution in [0.5, 0.6) is 0 Å². The summed E-state index contributed by atoms with van der Waals surface area (Å²) in [6, 6.07) is 0. The largest absolute Gasteiger partial charge is 0.260 e. The first-order valence-corrected chi connectivity index (χ1v) is 7.12. The third-order valence-electron chi connectivity index (χ3n) is 0.987. The maximum Gasteiger partial charge on any atom is 0.148 e. The summed E-state index contributed by atoms with van der Waals surface area (Å²) in [5.74, 6) is 0.871. The predicted octanol–water partition coefficient (Wildman–Crippen LogP) is 0.0185. The molecule has 6 heteroatoms. The summed E-state index contributed by atoms with van der Waals surface area (Å²) in [4.78, 5) is 0. The smallest absolute Gasteiger partial charge is 0.148 e. The molecular weight excluding hydrogens is 208 g/mol. The highest BCUT2D eigenvalue weighted by molar-refractivity contribution is 7.92. The molecule has 0 saturated heterocycles. The first-order chi connectivity index (χ1) is 4.95. The average molecular weight is 219 g/mol. The second-order valence-corrected chi connectivity index (χ2v) is 6.50. The zero-order valence-corrected chi connectivity index (χ0v) is 8.64. The number of rotatable bonds is 5. The quantitative estimate of drug-likeness (QED) is 0.612. The van der Waals surface area contributed by atoms with E-state index in [1.807, 2.05) is 0 Å². The summed E-state index contributed by atoms with van der Waals surface area (Å²) < 4.78 is 32.0. The van der Waals surface area contributed by atoms with E-state index in [2.05, 4.69) is 0 Å². The molecule has 0 saturated carbocycles. The molecular formula is C5H11ClO3S2. The third-order valence-corrected chi connectivity index (χ3v) is 3.92. The Morgan fingerprint density at radius 3 is 2.27 bits per heavy atom. The Morgan fingerprint density at radius 1 is 1.36 bits per heavy atom. The van der Waals surface area contributed by atoms with E-state index in [1.165, 1.54) is 0 Å². The number of sulfone groups is 1. The fourth-order valence-electron chi connectivity index (χ4n) is 0.432. The Bertz CT molecular complexity index is 222. The van der Waals surface area contributed by atoms with Crippen LogP contribution < -0.4 is 0 Å². The Kier molecular flexibility index (Phi) is 5.29. The predicted molar refractivity (Wildman–Crippen MR) is 48.3 cm³/mol. The highest BCUT2D eigenvalue weighted by Crippen LogP contribution is 1.89. The molecule has 0 N–H and O–H groups in total. The number of halogens is 1. The molecule has 0 spiro atoms. The van der Waals surface area contributed by atoms with Crippen LogP contribution in [0.2, 0.25) is 0 Å². The number of hydrogen-bond acceptors (Lipinski definition) is 3. The van der Waals surface area contributed by atoms with E-state index >= 15 is 0 Å². The standard InChI is InChI=1S/C5H11ClO3S2/c1-11(8,9)5-4-10(7)3-2-6/h2-5H2,1H3. The zero-order valence-electron chi connectivity index (χ0n) is 6.25. The number of hydrogen-bond donors (Lipinski definition) is 0. The summed E-state index contributed by atoms with van der Waals surface area (Å²) in [5.41, 5.74) is 0. The molecule has 1 unspecified atom stereocenters. The summed E-state index contributed by atoms with van der Waals surface area (Å²) in [6.45, 7) is 0. The Hall–Kier alpha value is 0.390. The topological polar surface area (TPSA) is 51.2 Å². The van der Waals surface area contributed by atoms with Crippen molar-refractivity contribution in [2.24, 2.45) is 0 Å². The molecule has 1 atom stereocenters. The van der Waals surface area contributed by atoms with Crippen LogP contribution in [0.3, 0.4) is 0 Å². The first-order valence-electron chi connectivity index (χ1n) is 3.04. The molecule has 0 aliphatic carbocycles. The molecule has 0 aromatic heterocycles. The fraction of sp³-hybridized carbons (Fsp3) is 1.00. The molecule has 0 amide bonds. The minimum Gasteiger partial charge on any atom is -0.260 e. The van der Waals surface area contributed by atoms with E-state index in [0.717, 1.165) is 6.26 Å². The maximum atomic E-state index is 10.9. The minimum atomic E-state index is -2.97. The fourth-order valence-corrected chi connectivity index (χ4v) is 3.28. The van der Waals surface area contributed by atoms with Crippen molar-refractivity contribution in [1.82, 2.24) is 0 Å². The lowest BCUT2D eigenvalue weighted by Crippen LogP contribution is -2.13. The monoisotopic (exact) mass is 218 g/mol. The molecule has 0 radical (unpaired) electrons. The van der Waals surface area contributed by atoms with Crippen molar-refractivity contribution in [1.29, 1.82) is 0 Å². The van der Waals surface area contributed by atoms with Crippen molar-refractivity contribution < 1.29 is 12.6 Å². The van der Waals surface area contributed by atoms with Crippen LogP contribution in [0, 0.1) is 0 Å². The zero-order chi connectivity index (χ0) is 8.91. The van der Waals surface area contributed by atoms with Crippen LogP contribution in [0.25, 0.3) is 0 Å². The summed E-state index contributed by atoms with van der Waals surface area (Å²) in [6.07, 6.45) is 1.13. The van der Waals surface area contributed by atoms with E-state index in [1.54, 1.807) is 0 Å². The SMILES string of the molecule is CS(=O)(=O)CCS(=O)CCCl. The van der Waals surface area contributed by atoms with E-state index < -0.39 is 20.6 Å². The maximum absolute atomic E-state index is 10.9. The van der Waals surface area contributed by atoms with Gasteiger partial charge in [-0.05, 0) is 0 Å². The summed E-state index contributed by atoms with van der Waals surface area (Å²) in [5, 5.41) is 0. The van der Waals surface area contributed by atoms with Gasteiger partial charge in [-0.2, -0.15) is 0 Å². The molecule has 0 fully saturated rings. The lowest BCUT2D eigenvalue weighted by Gasteiger charge is -1.97. The van der Waals surface area contributed by atoms with Crippen molar-refractivity contribution in [3.05, 3.63) is 0 Å². The molecule has 0 aliphatic rings. The van der Waals surface area contributed by atoms with E-state index in [-0.39, 0.29) is 11.5 Å². The molecule has 0 aromatic rings. The van der Waals surface area contributed by atoms with Crippen LogP contribution in [-0.2, 0) is 20.6 Å². The van der Waals surface area contributed by atoms with Crippen LogP contribution >= 0.6 is 11.6 Å². The van der Waals surface area contributed by atoms with E-state index in [4.69, 9.17) is 11.6 Å². The van der Waals surface area contributed by atoms with Crippen molar-refractivity contribution in [3.63, 3.8) is 0 Å². The third kappa shape index (κ3) is 8.29. The van der Waals surface area contributed by atoms with Gasteiger partial charge in [-0.3, -0.25) is 4.21 Å². The second-order valence-electron chi connectivity index (χ2n) is 2.17. The second kappa shape index (κ2) is 5.11. The van der Waals surface area contributed by atoms with Gasteiger partial charge in [-0.25, -0.2) is 8.42 Å². The molecule has 11 heavy (non-hydrogen) atoms. The lowest BCUT2D eigenvalue weighted by molar-refractivity contribution is 0.602. The van der Waals surface area contributed by atoms with Crippen molar-refractivity contribution in [2.45, 2.75) is 0 Å². The Morgan fingerprint density at radius 2 is 1.91 bits per heavy atom. The Labute approximate surface area is 74.5 Å². The van der Waals surface area contributed by atoms with Gasteiger partial charge in [0.2, 0.25) is 0 Å². The van der Waals surface area contributed by atoms with Crippen molar-refractivity contribution in [3.8, 4) is 0 Å². The first kappa shape index (κ1) is 11.4. The molecule has 68 valence electrons. The normalized spacial score (nSPS) is 14.7. The molecule has 0 bridgehead atoms. The van der Waals surface area contributed by atoms with Gasteiger partial charge < -0.3 is 0 Å². The van der Waals surface area contributed by atoms with Gasteiger partial charge in [-0.15, -0.1) is 11.6 Å². The van der Waals surface area contributed by atoms with Crippen LogP contribution in [0.15, 0.2) is 0 Å². The summed E-state index contributed by atoms with van der Waals surface area (Å²) >= 11 is 5.30. The van der Waals surface area contributed by atoms with Gasteiger partial charge in [-0.1, -0.05) is 0 Å². The van der Waals surface area contributed by atoms with Gasteiger partial charge in [0.25, 0.3) is 0 Å². The van der Waals surface area contributed by atoms with E-state index in [9.17, 15) is 12.6 Å². The molecule has 0 aliphatic heterocycles. The van der Waals surface area contributed by atoms with Gasteiger partial charge in [0, 0.05) is 34.4 Å². The van der Waals surface area contributed by atoms with Gasteiger partial charge in [0.1, 0.15) is 9.84 Å². The molecule has 0 heterocycles. The lowest BCUT2D eigenvalue weighted by atomic mass is 10.9. The summed E-state index contributed by atoms with van der Waals surface area (Å²) in [7, 11) is -4.05. The highest BCUT2D eigenvalue weighted by atomic mass is 35.5. The molecule has 0 rings (SSSR count). The molecule has 0 aromatic carbocycles. The van der Waals surface area contributed by atoms with Gasteiger partial charge >= 0.3 is 0 Å². The average Bonchev–Trinajstić information content (AvgIpc) is 1.83. The van der Waals surface area contributed by atoms with E-state index in [0.29, 0.717) is 11.6 Å².